The Morgan fingerprint density at radius 1 is 1.37 bits per heavy atom. The maximum absolute atomic E-state index is 5.73. The lowest BCUT2D eigenvalue weighted by atomic mass is 9.90. The number of nitrogens with two attached hydrogens (primary N) is 1. The molecule has 104 valence electrons. The average molecular weight is 260 g/mol. The van der Waals surface area contributed by atoms with Crippen LogP contribution in [-0.4, -0.2) is 22.6 Å². The molecule has 0 unspecified atom stereocenters. The Labute approximate surface area is 115 Å². The molecule has 0 saturated heterocycles. The molecule has 0 aliphatic rings. The molecule has 0 fully saturated rings. The van der Waals surface area contributed by atoms with Gasteiger partial charge in [-0.2, -0.15) is 0 Å². The van der Waals surface area contributed by atoms with Crippen molar-refractivity contribution in [1.82, 2.24) is 14.9 Å². The highest BCUT2D eigenvalue weighted by Gasteiger charge is 2.14. The smallest absolute Gasteiger partial charge is 0.0955 e. The first-order chi connectivity index (χ1) is 9.02. The summed E-state index contributed by atoms with van der Waals surface area (Å²) in [6.07, 6.45) is 2.95. The van der Waals surface area contributed by atoms with E-state index in [1.165, 1.54) is 11.1 Å². The predicted octanol–water partition coefficient (Wildman–Crippen LogP) is 2.04. The van der Waals surface area contributed by atoms with Crippen molar-refractivity contribution in [2.45, 2.75) is 26.8 Å². The van der Waals surface area contributed by atoms with Crippen LogP contribution < -0.4 is 11.1 Å². The molecular formula is C15H24N4. The Bertz CT molecular complexity index is 542. The Morgan fingerprint density at radius 3 is 2.89 bits per heavy atom. The monoisotopic (exact) mass is 260 g/mol. The van der Waals surface area contributed by atoms with E-state index in [1.54, 1.807) is 0 Å². The van der Waals surface area contributed by atoms with Crippen LogP contribution in [0, 0.1) is 5.41 Å². The van der Waals surface area contributed by atoms with E-state index in [-0.39, 0.29) is 5.41 Å². The lowest BCUT2D eigenvalue weighted by molar-refractivity contribution is 0.339. The first-order valence-corrected chi connectivity index (χ1v) is 6.82. The molecule has 2 rings (SSSR count). The zero-order chi connectivity index (χ0) is 13.9. The fourth-order valence-electron chi connectivity index (χ4n) is 2.05. The molecule has 0 aliphatic heterocycles. The van der Waals surface area contributed by atoms with Crippen LogP contribution in [0.15, 0.2) is 24.5 Å². The second kappa shape index (κ2) is 5.72. The Hall–Kier alpha value is -1.39. The number of imidazole rings is 1. The molecule has 4 heteroatoms. The van der Waals surface area contributed by atoms with Crippen molar-refractivity contribution in [3.63, 3.8) is 0 Å². The summed E-state index contributed by atoms with van der Waals surface area (Å²) >= 11 is 0. The van der Waals surface area contributed by atoms with Gasteiger partial charge in [-0.15, -0.1) is 0 Å². The van der Waals surface area contributed by atoms with Crippen molar-refractivity contribution in [2.24, 2.45) is 18.2 Å². The molecule has 1 aromatic heterocycles. The van der Waals surface area contributed by atoms with Gasteiger partial charge in [0, 0.05) is 13.6 Å². The summed E-state index contributed by atoms with van der Waals surface area (Å²) in [5, 5.41) is 3.47. The SMILES string of the molecule is Cn1cnc2cc(CNCCC(C)(C)CN)ccc21. The molecule has 1 aromatic carbocycles. The zero-order valence-corrected chi connectivity index (χ0v) is 12.1. The van der Waals surface area contributed by atoms with Crippen LogP contribution in [-0.2, 0) is 13.6 Å². The van der Waals surface area contributed by atoms with Crippen LogP contribution in [0.25, 0.3) is 11.0 Å². The summed E-state index contributed by atoms with van der Waals surface area (Å²) in [6.45, 7) is 7.01. The van der Waals surface area contributed by atoms with E-state index in [1.807, 2.05) is 17.9 Å². The van der Waals surface area contributed by atoms with Gasteiger partial charge in [0.15, 0.2) is 0 Å². The van der Waals surface area contributed by atoms with Crippen molar-refractivity contribution in [3.05, 3.63) is 30.1 Å². The van der Waals surface area contributed by atoms with Gasteiger partial charge in [-0.05, 0) is 42.6 Å². The highest BCUT2D eigenvalue weighted by molar-refractivity contribution is 5.75. The predicted molar refractivity (Wildman–Crippen MR) is 79.9 cm³/mol. The Kier molecular flexibility index (Phi) is 4.22. The van der Waals surface area contributed by atoms with E-state index in [0.717, 1.165) is 31.6 Å². The first kappa shape index (κ1) is 14.0. The highest BCUT2D eigenvalue weighted by atomic mass is 15.0. The third-order valence-electron chi connectivity index (χ3n) is 3.65. The quantitative estimate of drug-likeness (QED) is 0.781. The van der Waals surface area contributed by atoms with Gasteiger partial charge in [0.2, 0.25) is 0 Å². The van der Waals surface area contributed by atoms with E-state index in [2.05, 4.69) is 42.3 Å². The number of fused-ring (bicyclic) bond motifs is 1. The number of nitrogens with one attached hydrogen (secondary N) is 1. The molecule has 2 aromatic rings. The molecule has 0 amide bonds. The van der Waals surface area contributed by atoms with Crippen molar-refractivity contribution in [2.75, 3.05) is 13.1 Å². The fourth-order valence-corrected chi connectivity index (χ4v) is 2.05. The van der Waals surface area contributed by atoms with Crippen LogP contribution in [0.5, 0.6) is 0 Å². The van der Waals surface area contributed by atoms with Crippen LogP contribution in [0.2, 0.25) is 0 Å². The summed E-state index contributed by atoms with van der Waals surface area (Å²) in [4.78, 5) is 4.38. The van der Waals surface area contributed by atoms with Crippen molar-refractivity contribution in [3.8, 4) is 0 Å². The molecule has 0 radical (unpaired) electrons. The topological polar surface area (TPSA) is 55.9 Å². The molecule has 0 atom stereocenters. The number of hydrogen-bond donors (Lipinski definition) is 2. The molecule has 0 saturated carbocycles. The summed E-state index contributed by atoms with van der Waals surface area (Å²) in [5.74, 6) is 0. The van der Waals surface area contributed by atoms with Gasteiger partial charge in [-0.1, -0.05) is 19.9 Å². The van der Waals surface area contributed by atoms with Crippen LogP contribution in [0.3, 0.4) is 0 Å². The first-order valence-electron chi connectivity index (χ1n) is 6.82. The minimum absolute atomic E-state index is 0.220. The third kappa shape index (κ3) is 3.55. The van der Waals surface area contributed by atoms with Gasteiger partial charge in [0.05, 0.1) is 17.4 Å². The molecule has 0 bridgehead atoms. The molecule has 0 spiro atoms. The van der Waals surface area contributed by atoms with E-state index in [9.17, 15) is 0 Å². The van der Waals surface area contributed by atoms with E-state index >= 15 is 0 Å². The Morgan fingerprint density at radius 2 is 2.16 bits per heavy atom. The second-order valence-corrected chi connectivity index (χ2v) is 5.97. The minimum Gasteiger partial charge on any atom is -0.334 e. The van der Waals surface area contributed by atoms with Crippen LogP contribution >= 0.6 is 0 Å². The second-order valence-electron chi connectivity index (χ2n) is 5.97. The fraction of sp³-hybridized carbons (Fsp3) is 0.533. The summed E-state index contributed by atoms with van der Waals surface area (Å²) in [6, 6.07) is 6.44. The minimum atomic E-state index is 0.220. The maximum atomic E-state index is 5.73. The molecule has 1 heterocycles. The molecule has 0 aliphatic carbocycles. The van der Waals surface area contributed by atoms with Crippen molar-refractivity contribution >= 4 is 11.0 Å². The van der Waals surface area contributed by atoms with Crippen LogP contribution in [0.4, 0.5) is 0 Å². The van der Waals surface area contributed by atoms with Gasteiger partial charge in [-0.25, -0.2) is 4.98 Å². The van der Waals surface area contributed by atoms with Crippen molar-refractivity contribution in [1.29, 1.82) is 0 Å². The standard InChI is InChI=1S/C15H24N4/c1-15(2,10-16)6-7-17-9-12-4-5-14-13(8-12)18-11-19(14)3/h4-5,8,11,17H,6-7,9-10,16H2,1-3H3. The summed E-state index contributed by atoms with van der Waals surface area (Å²) in [7, 11) is 2.02. The van der Waals surface area contributed by atoms with Gasteiger partial charge < -0.3 is 15.6 Å². The molecule has 3 N–H and O–H groups in total. The molecule has 4 nitrogen and oxygen atoms in total. The molecule has 19 heavy (non-hydrogen) atoms. The van der Waals surface area contributed by atoms with Crippen LogP contribution in [0.1, 0.15) is 25.8 Å². The van der Waals surface area contributed by atoms with E-state index < -0.39 is 0 Å². The summed E-state index contributed by atoms with van der Waals surface area (Å²) in [5.41, 5.74) is 9.45. The van der Waals surface area contributed by atoms with Gasteiger partial charge >= 0.3 is 0 Å². The average Bonchev–Trinajstić information content (AvgIpc) is 2.76. The van der Waals surface area contributed by atoms with Gasteiger partial charge in [0.1, 0.15) is 0 Å². The summed E-state index contributed by atoms with van der Waals surface area (Å²) < 4.78 is 2.04. The zero-order valence-electron chi connectivity index (χ0n) is 12.1. The van der Waals surface area contributed by atoms with Gasteiger partial charge in [-0.3, -0.25) is 0 Å². The number of rotatable bonds is 6. The van der Waals surface area contributed by atoms with Gasteiger partial charge in [0.25, 0.3) is 0 Å². The molecular weight excluding hydrogens is 236 g/mol. The normalized spacial score (nSPS) is 12.2. The van der Waals surface area contributed by atoms with E-state index in [0.29, 0.717) is 0 Å². The number of aromatic nitrogens is 2. The van der Waals surface area contributed by atoms with E-state index in [4.69, 9.17) is 5.73 Å². The Balaban J connectivity index is 1.88. The lowest BCUT2D eigenvalue weighted by Crippen LogP contribution is -2.28. The number of aryl methyl sites for hydroxylation is 1. The number of hydrogen-bond acceptors (Lipinski definition) is 3. The third-order valence-corrected chi connectivity index (χ3v) is 3.65. The maximum Gasteiger partial charge on any atom is 0.0955 e. The largest absolute Gasteiger partial charge is 0.334 e. The van der Waals surface area contributed by atoms with Crippen molar-refractivity contribution < 1.29 is 0 Å². The number of nitrogens with zero attached hydrogens (tertiary/aromatic N) is 2. The highest BCUT2D eigenvalue weighted by Crippen LogP contribution is 2.17. The number of benzene rings is 1. The lowest BCUT2D eigenvalue weighted by Gasteiger charge is -2.22.